The highest BCUT2D eigenvalue weighted by atomic mass is 32.2. The number of nitro benzene ring substituents is 1. The van der Waals surface area contributed by atoms with Crippen LogP contribution in [0.2, 0.25) is 0 Å². The molecule has 0 aliphatic heterocycles. The summed E-state index contributed by atoms with van der Waals surface area (Å²) in [5.74, 6) is -3.15. The van der Waals surface area contributed by atoms with E-state index in [9.17, 15) is 32.9 Å². The number of nitrogens with one attached hydrogen (secondary N) is 1. The van der Waals surface area contributed by atoms with Gasteiger partial charge in [0.1, 0.15) is 0 Å². The largest absolute Gasteiger partial charge is 0.472 e. The molecule has 0 fully saturated rings. The number of benzene rings is 2. The Labute approximate surface area is 155 Å². The SMILES string of the molecule is O=C(c1ccc([N+](=O)[O-])cc1)N(NC(=O)C(F)(F)F)SCc1ccccc1. The number of hydrogen-bond donors (Lipinski definition) is 1. The Morgan fingerprint density at radius 3 is 2.19 bits per heavy atom. The number of carbonyl (C=O) groups excluding carboxylic acids is 2. The minimum Gasteiger partial charge on any atom is -0.266 e. The average Bonchev–Trinajstić information content (AvgIpc) is 2.64. The number of halogens is 3. The number of hydrogen-bond acceptors (Lipinski definition) is 5. The van der Waals surface area contributed by atoms with E-state index in [1.807, 2.05) is 0 Å². The second kappa shape index (κ2) is 8.54. The van der Waals surface area contributed by atoms with Gasteiger partial charge in [-0.05, 0) is 29.6 Å². The van der Waals surface area contributed by atoms with Crippen LogP contribution >= 0.6 is 11.9 Å². The van der Waals surface area contributed by atoms with Gasteiger partial charge >= 0.3 is 12.1 Å². The number of nitro groups is 1. The molecule has 0 unspecified atom stereocenters. The Kier molecular flexibility index (Phi) is 6.40. The van der Waals surface area contributed by atoms with Crippen molar-refractivity contribution in [1.29, 1.82) is 0 Å². The van der Waals surface area contributed by atoms with Crippen LogP contribution in [0.3, 0.4) is 0 Å². The van der Waals surface area contributed by atoms with Crippen molar-refractivity contribution in [3.8, 4) is 0 Å². The second-order valence-corrected chi connectivity index (χ2v) is 6.01. The fourth-order valence-electron chi connectivity index (χ4n) is 1.85. The van der Waals surface area contributed by atoms with Crippen LogP contribution in [0, 0.1) is 10.1 Å². The standard InChI is InChI=1S/C16H12F3N3O4S/c17-16(18,19)15(24)20-21(27-10-11-4-2-1-3-5-11)14(23)12-6-8-13(9-7-12)22(25)26/h1-9H,10H2,(H,20,24). The van der Waals surface area contributed by atoms with Crippen molar-refractivity contribution in [2.24, 2.45) is 0 Å². The van der Waals surface area contributed by atoms with Crippen LogP contribution < -0.4 is 5.43 Å². The van der Waals surface area contributed by atoms with E-state index in [1.54, 1.807) is 30.3 Å². The molecule has 0 aliphatic carbocycles. The van der Waals surface area contributed by atoms with Gasteiger partial charge in [-0.2, -0.15) is 17.6 Å². The van der Waals surface area contributed by atoms with E-state index in [4.69, 9.17) is 0 Å². The first-order valence-electron chi connectivity index (χ1n) is 7.32. The van der Waals surface area contributed by atoms with Gasteiger partial charge in [-0.25, -0.2) is 5.43 Å². The van der Waals surface area contributed by atoms with Crippen molar-refractivity contribution in [3.05, 3.63) is 75.8 Å². The number of non-ortho nitro benzene ring substituents is 1. The molecule has 7 nitrogen and oxygen atoms in total. The average molecular weight is 399 g/mol. The molecule has 1 N–H and O–H groups in total. The van der Waals surface area contributed by atoms with Gasteiger partial charge in [-0.1, -0.05) is 30.3 Å². The molecule has 0 aliphatic rings. The molecule has 11 heteroatoms. The number of amides is 2. The summed E-state index contributed by atoms with van der Waals surface area (Å²) >= 11 is 0.650. The Bertz CT molecular complexity index is 829. The van der Waals surface area contributed by atoms with Crippen molar-refractivity contribution < 1.29 is 27.7 Å². The lowest BCUT2D eigenvalue weighted by Gasteiger charge is -2.22. The first kappa shape index (κ1) is 20.2. The van der Waals surface area contributed by atoms with Crippen LogP contribution in [0.15, 0.2) is 54.6 Å². The third kappa shape index (κ3) is 5.71. The first-order valence-corrected chi connectivity index (χ1v) is 8.26. The van der Waals surface area contributed by atoms with E-state index in [1.165, 1.54) is 5.43 Å². The van der Waals surface area contributed by atoms with Crippen LogP contribution in [0.1, 0.15) is 15.9 Å². The molecule has 0 aromatic heterocycles. The highest BCUT2D eigenvalue weighted by molar-refractivity contribution is 7.96. The summed E-state index contributed by atoms with van der Waals surface area (Å²) in [5.41, 5.74) is 1.82. The molecule has 2 aromatic rings. The molecule has 0 heterocycles. The summed E-state index contributed by atoms with van der Waals surface area (Å²) in [6.45, 7) is 0. The molecule has 142 valence electrons. The highest BCUT2D eigenvalue weighted by Crippen LogP contribution is 2.22. The maximum atomic E-state index is 12.5. The van der Waals surface area contributed by atoms with Crippen molar-refractivity contribution in [3.63, 3.8) is 0 Å². The van der Waals surface area contributed by atoms with Crippen LogP contribution in [0.25, 0.3) is 0 Å². The lowest BCUT2D eigenvalue weighted by Crippen LogP contribution is -2.47. The predicted octanol–water partition coefficient (Wildman–Crippen LogP) is 3.48. The molecule has 0 spiro atoms. The van der Waals surface area contributed by atoms with Crippen molar-refractivity contribution in [2.45, 2.75) is 11.9 Å². The smallest absolute Gasteiger partial charge is 0.266 e. The number of nitrogens with zero attached hydrogens (tertiary/aromatic N) is 2. The molecule has 2 rings (SSSR count). The molecular weight excluding hydrogens is 387 g/mol. The van der Waals surface area contributed by atoms with E-state index < -0.39 is 22.9 Å². The fraction of sp³-hybridized carbons (Fsp3) is 0.125. The predicted molar refractivity (Wildman–Crippen MR) is 91.2 cm³/mol. The fourth-order valence-corrected chi connectivity index (χ4v) is 2.69. The number of alkyl halides is 3. The Morgan fingerprint density at radius 2 is 1.67 bits per heavy atom. The first-order chi connectivity index (χ1) is 12.7. The molecule has 0 bridgehead atoms. The quantitative estimate of drug-likeness (QED) is 0.472. The molecule has 0 saturated heterocycles. The molecule has 27 heavy (non-hydrogen) atoms. The Hall–Kier alpha value is -3.08. The summed E-state index contributed by atoms with van der Waals surface area (Å²) < 4.78 is 38.1. The topological polar surface area (TPSA) is 92.5 Å². The molecule has 0 radical (unpaired) electrons. The van der Waals surface area contributed by atoms with Gasteiger partial charge < -0.3 is 0 Å². The summed E-state index contributed by atoms with van der Waals surface area (Å²) in [6.07, 6.45) is -5.18. The lowest BCUT2D eigenvalue weighted by atomic mass is 10.2. The zero-order chi connectivity index (χ0) is 20.0. The van der Waals surface area contributed by atoms with E-state index in [0.29, 0.717) is 21.9 Å². The van der Waals surface area contributed by atoms with Gasteiger partial charge in [0.2, 0.25) is 0 Å². The van der Waals surface area contributed by atoms with E-state index >= 15 is 0 Å². The maximum absolute atomic E-state index is 12.5. The number of carbonyl (C=O) groups is 2. The van der Waals surface area contributed by atoms with Gasteiger partial charge in [0, 0.05) is 23.4 Å². The summed E-state index contributed by atoms with van der Waals surface area (Å²) in [7, 11) is 0. The van der Waals surface area contributed by atoms with E-state index in [-0.39, 0.29) is 17.0 Å². The van der Waals surface area contributed by atoms with E-state index in [2.05, 4.69) is 0 Å². The van der Waals surface area contributed by atoms with Crippen LogP contribution in [0.4, 0.5) is 18.9 Å². The van der Waals surface area contributed by atoms with Gasteiger partial charge in [0.05, 0.1) is 4.92 Å². The number of rotatable bonds is 5. The highest BCUT2D eigenvalue weighted by Gasteiger charge is 2.40. The van der Waals surface area contributed by atoms with Crippen molar-refractivity contribution in [1.82, 2.24) is 9.84 Å². The Morgan fingerprint density at radius 1 is 1.07 bits per heavy atom. The summed E-state index contributed by atoms with van der Waals surface area (Å²) in [6, 6.07) is 12.9. The van der Waals surface area contributed by atoms with Crippen LogP contribution in [-0.4, -0.2) is 27.3 Å². The summed E-state index contributed by atoms with van der Waals surface area (Å²) in [4.78, 5) is 33.7. The third-order valence-electron chi connectivity index (χ3n) is 3.17. The van der Waals surface area contributed by atoms with Crippen LogP contribution in [0.5, 0.6) is 0 Å². The zero-order valence-electron chi connectivity index (χ0n) is 13.5. The molecule has 2 amide bonds. The second-order valence-electron chi connectivity index (χ2n) is 5.10. The Balaban J connectivity index is 2.20. The molecular formula is C16H12F3N3O4S. The lowest BCUT2D eigenvalue weighted by molar-refractivity contribution is -0.384. The summed E-state index contributed by atoms with van der Waals surface area (Å²) in [5, 5.41) is 10.7. The molecule has 2 aromatic carbocycles. The minimum atomic E-state index is -5.18. The molecule has 0 saturated carbocycles. The molecule has 0 atom stereocenters. The maximum Gasteiger partial charge on any atom is 0.472 e. The monoisotopic (exact) mass is 399 g/mol. The van der Waals surface area contributed by atoms with Gasteiger partial charge in [0.25, 0.3) is 11.6 Å². The number of hydrazine groups is 1. The zero-order valence-corrected chi connectivity index (χ0v) is 14.3. The van der Waals surface area contributed by atoms with Gasteiger partial charge in [0.15, 0.2) is 0 Å². The van der Waals surface area contributed by atoms with E-state index in [0.717, 1.165) is 24.3 Å². The van der Waals surface area contributed by atoms with Gasteiger partial charge in [-0.15, -0.1) is 0 Å². The third-order valence-corrected chi connectivity index (χ3v) is 4.15. The normalized spacial score (nSPS) is 10.9. The minimum absolute atomic E-state index is 0.109. The van der Waals surface area contributed by atoms with Crippen LogP contribution in [-0.2, 0) is 10.5 Å². The van der Waals surface area contributed by atoms with Crippen molar-refractivity contribution in [2.75, 3.05) is 0 Å². The van der Waals surface area contributed by atoms with Gasteiger partial charge in [-0.3, -0.25) is 19.7 Å². The van der Waals surface area contributed by atoms with Crippen molar-refractivity contribution >= 4 is 29.4 Å².